The van der Waals surface area contributed by atoms with E-state index >= 15 is 0 Å². The van der Waals surface area contributed by atoms with Crippen molar-refractivity contribution in [3.05, 3.63) is 82.9 Å². The molecule has 0 saturated carbocycles. The molecule has 10 heteroatoms. The van der Waals surface area contributed by atoms with Crippen molar-refractivity contribution in [2.45, 2.75) is 0 Å². The first-order chi connectivity index (χ1) is 16.5. The summed E-state index contributed by atoms with van der Waals surface area (Å²) in [6.07, 6.45) is 0. The third-order valence-corrected chi connectivity index (χ3v) is 5.03. The molecule has 0 atom stereocenters. The average molecular weight is 479 g/mol. The zero-order chi connectivity index (χ0) is 24.1. The highest BCUT2D eigenvalue weighted by Crippen LogP contribution is 2.25. The summed E-state index contributed by atoms with van der Waals surface area (Å²) >= 11 is 5.99. The number of methoxy groups -OCH3 is 2. The van der Waals surface area contributed by atoms with Gasteiger partial charge in [0.1, 0.15) is 11.5 Å². The molecule has 0 radical (unpaired) electrons. The predicted molar refractivity (Wildman–Crippen MR) is 127 cm³/mol. The number of aromatic nitrogens is 2. The van der Waals surface area contributed by atoms with Crippen LogP contribution in [0.4, 0.5) is 11.7 Å². The normalized spacial score (nSPS) is 10.4. The van der Waals surface area contributed by atoms with Gasteiger partial charge < -0.3 is 19.2 Å². The van der Waals surface area contributed by atoms with Gasteiger partial charge in [-0.15, -0.1) is 5.10 Å². The van der Waals surface area contributed by atoms with Crippen LogP contribution in [-0.2, 0) is 0 Å². The third kappa shape index (κ3) is 5.16. The van der Waals surface area contributed by atoms with Crippen molar-refractivity contribution in [2.24, 2.45) is 0 Å². The lowest BCUT2D eigenvalue weighted by Gasteiger charge is -2.10. The van der Waals surface area contributed by atoms with Crippen LogP contribution in [-0.4, -0.2) is 36.2 Å². The zero-order valence-corrected chi connectivity index (χ0v) is 18.9. The summed E-state index contributed by atoms with van der Waals surface area (Å²) in [5.74, 6) is 0.509. The van der Waals surface area contributed by atoms with Crippen LogP contribution in [0, 0.1) is 0 Å². The number of rotatable bonds is 7. The maximum Gasteiger partial charge on any atom is 0.322 e. The molecule has 9 nitrogen and oxygen atoms in total. The van der Waals surface area contributed by atoms with Crippen molar-refractivity contribution in [1.29, 1.82) is 0 Å². The van der Waals surface area contributed by atoms with Crippen molar-refractivity contribution in [2.75, 3.05) is 24.9 Å². The Bertz CT molecular complexity index is 1320. The fraction of sp³-hybridized carbons (Fsp3) is 0.0833. The molecule has 1 aromatic heterocycles. The molecule has 0 spiro atoms. The number of carbonyl (C=O) groups is 2. The maximum absolute atomic E-state index is 12.6. The van der Waals surface area contributed by atoms with E-state index in [0.29, 0.717) is 38.9 Å². The van der Waals surface area contributed by atoms with Crippen molar-refractivity contribution < 1.29 is 23.5 Å². The first-order valence-electron chi connectivity index (χ1n) is 10.0. The van der Waals surface area contributed by atoms with E-state index in [9.17, 15) is 9.59 Å². The zero-order valence-electron chi connectivity index (χ0n) is 18.2. The minimum absolute atomic E-state index is 0.0405. The molecule has 34 heavy (non-hydrogen) atoms. The molecule has 0 fully saturated rings. The molecule has 4 aromatic rings. The van der Waals surface area contributed by atoms with Gasteiger partial charge in [-0.25, -0.2) is 0 Å². The smallest absolute Gasteiger partial charge is 0.322 e. The average Bonchev–Trinajstić information content (AvgIpc) is 3.32. The highest BCUT2D eigenvalue weighted by atomic mass is 35.5. The molecule has 4 rings (SSSR count). The van der Waals surface area contributed by atoms with Gasteiger partial charge in [-0.1, -0.05) is 16.7 Å². The second-order valence-corrected chi connectivity index (χ2v) is 7.41. The van der Waals surface area contributed by atoms with Gasteiger partial charge in [0.25, 0.3) is 11.8 Å². The van der Waals surface area contributed by atoms with E-state index in [1.54, 1.807) is 67.8 Å². The molecular formula is C24H19ClN4O5. The maximum atomic E-state index is 12.6. The fourth-order valence-corrected chi connectivity index (χ4v) is 3.23. The molecule has 0 bridgehead atoms. The van der Waals surface area contributed by atoms with Crippen LogP contribution in [0.1, 0.15) is 20.7 Å². The molecule has 2 amide bonds. The first kappa shape index (κ1) is 22.8. The Hall–Kier alpha value is -4.37. The number of amides is 2. The molecule has 1 heterocycles. The Balaban J connectivity index is 1.40. The number of hydrogen-bond donors (Lipinski definition) is 2. The fourth-order valence-electron chi connectivity index (χ4n) is 3.05. The van der Waals surface area contributed by atoms with Gasteiger partial charge in [-0.05, 0) is 66.7 Å². The van der Waals surface area contributed by atoms with Gasteiger partial charge in [0, 0.05) is 21.8 Å². The number of carbonyl (C=O) groups excluding carboxylic acids is 2. The second-order valence-electron chi connectivity index (χ2n) is 6.97. The standard InChI is InChI=1S/C24H19ClN4O5/c1-32-18-10-5-15(6-11-18)23-28-29-24(34-23)27-21(30)14-3-8-17(9-4-14)26-22(31)19-13-16(25)7-12-20(19)33-2/h3-13H,1-2H3,(H,26,31)(H,27,29,30). The number of nitrogens with one attached hydrogen (secondary N) is 2. The topological polar surface area (TPSA) is 116 Å². The summed E-state index contributed by atoms with van der Waals surface area (Å²) < 4.78 is 15.8. The van der Waals surface area contributed by atoms with Crippen molar-refractivity contribution in [3.63, 3.8) is 0 Å². The number of anilines is 2. The highest BCUT2D eigenvalue weighted by molar-refractivity contribution is 6.31. The molecule has 0 unspecified atom stereocenters. The summed E-state index contributed by atoms with van der Waals surface area (Å²) in [6, 6.07) is 18.1. The number of benzene rings is 3. The van der Waals surface area contributed by atoms with E-state index in [2.05, 4.69) is 20.8 Å². The van der Waals surface area contributed by atoms with E-state index in [0.717, 1.165) is 0 Å². The van der Waals surface area contributed by atoms with Gasteiger partial charge in [0.15, 0.2) is 0 Å². The van der Waals surface area contributed by atoms with Crippen LogP contribution in [0.2, 0.25) is 5.02 Å². The van der Waals surface area contributed by atoms with E-state index in [1.807, 2.05) is 0 Å². The minimum Gasteiger partial charge on any atom is -0.497 e. The van der Waals surface area contributed by atoms with Crippen LogP contribution in [0.3, 0.4) is 0 Å². The molecule has 3 aromatic carbocycles. The second kappa shape index (κ2) is 10.1. The quantitative estimate of drug-likeness (QED) is 0.387. The van der Waals surface area contributed by atoms with E-state index in [1.165, 1.54) is 13.2 Å². The number of hydrogen-bond acceptors (Lipinski definition) is 7. The SMILES string of the molecule is COc1ccc(-c2nnc(NC(=O)c3ccc(NC(=O)c4cc(Cl)ccc4OC)cc3)o2)cc1. The van der Waals surface area contributed by atoms with Gasteiger partial charge >= 0.3 is 6.01 Å². The molecular weight excluding hydrogens is 460 g/mol. The Morgan fingerprint density at radius 1 is 0.853 bits per heavy atom. The van der Waals surface area contributed by atoms with Gasteiger partial charge in [0.2, 0.25) is 5.89 Å². The monoisotopic (exact) mass is 478 g/mol. The number of nitrogens with zero attached hydrogens (tertiary/aromatic N) is 2. The summed E-state index contributed by atoms with van der Waals surface area (Å²) in [4.78, 5) is 25.1. The summed E-state index contributed by atoms with van der Waals surface area (Å²) in [7, 11) is 3.04. The molecule has 2 N–H and O–H groups in total. The molecule has 0 aliphatic rings. The Kier molecular flexibility index (Phi) is 6.74. The van der Waals surface area contributed by atoms with E-state index < -0.39 is 11.8 Å². The number of halogens is 1. The van der Waals surface area contributed by atoms with E-state index in [-0.39, 0.29) is 11.9 Å². The predicted octanol–water partition coefficient (Wildman–Crippen LogP) is 4.91. The lowest BCUT2D eigenvalue weighted by molar-refractivity contribution is 0.101. The van der Waals surface area contributed by atoms with Gasteiger partial charge in [-0.2, -0.15) is 0 Å². The minimum atomic E-state index is -0.445. The third-order valence-electron chi connectivity index (χ3n) is 4.79. The van der Waals surface area contributed by atoms with Crippen LogP contribution in [0.15, 0.2) is 71.1 Å². The van der Waals surface area contributed by atoms with Crippen LogP contribution < -0.4 is 20.1 Å². The van der Waals surface area contributed by atoms with Gasteiger partial charge in [0.05, 0.1) is 19.8 Å². The van der Waals surface area contributed by atoms with E-state index in [4.69, 9.17) is 25.5 Å². The Labute approximate surface area is 199 Å². The summed E-state index contributed by atoms with van der Waals surface area (Å²) in [5, 5.41) is 13.5. The molecule has 172 valence electrons. The van der Waals surface area contributed by atoms with Crippen molar-refractivity contribution >= 4 is 35.1 Å². The highest BCUT2D eigenvalue weighted by Gasteiger charge is 2.15. The van der Waals surface area contributed by atoms with Crippen molar-refractivity contribution in [3.8, 4) is 23.0 Å². The van der Waals surface area contributed by atoms with Gasteiger partial charge in [-0.3, -0.25) is 14.9 Å². The summed E-state index contributed by atoms with van der Waals surface area (Å²) in [6.45, 7) is 0. The van der Waals surface area contributed by atoms with Crippen LogP contribution in [0.25, 0.3) is 11.5 Å². The van der Waals surface area contributed by atoms with Crippen LogP contribution >= 0.6 is 11.6 Å². The van der Waals surface area contributed by atoms with Crippen molar-refractivity contribution in [1.82, 2.24) is 10.2 Å². The molecule has 0 saturated heterocycles. The Morgan fingerprint density at radius 3 is 2.26 bits per heavy atom. The number of ether oxygens (including phenoxy) is 2. The largest absolute Gasteiger partial charge is 0.497 e. The van der Waals surface area contributed by atoms with Crippen LogP contribution in [0.5, 0.6) is 11.5 Å². The first-order valence-corrected chi connectivity index (χ1v) is 10.4. The lowest BCUT2D eigenvalue weighted by atomic mass is 10.1. The summed E-state index contributed by atoms with van der Waals surface area (Å²) in [5.41, 5.74) is 1.80. The molecule has 0 aliphatic heterocycles. The lowest BCUT2D eigenvalue weighted by Crippen LogP contribution is -2.14. The molecule has 0 aliphatic carbocycles. The Morgan fingerprint density at radius 2 is 1.59 bits per heavy atom.